The number of nitrogens with zero attached hydrogens (tertiary/aromatic N) is 4. The summed E-state index contributed by atoms with van der Waals surface area (Å²) in [4.78, 5) is 22.3. The maximum atomic E-state index is 12.7. The summed E-state index contributed by atoms with van der Waals surface area (Å²) in [6.07, 6.45) is 0. The molecule has 3 aromatic carbocycles. The Morgan fingerprint density at radius 1 is 0.973 bits per heavy atom. The highest BCUT2D eigenvalue weighted by atomic mass is 32.2. The quantitative estimate of drug-likeness (QED) is 0.214. The van der Waals surface area contributed by atoms with E-state index >= 15 is 0 Å². The van der Waals surface area contributed by atoms with Crippen molar-refractivity contribution in [2.45, 2.75) is 12.1 Å². The van der Waals surface area contributed by atoms with Crippen molar-refractivity contribution in [2.75, 3.05) is 31.9 Å². The number of hydrogen-bond acceptors (Lipinski definition) is 8. The van der Waals surface area contributed by atoms with Crippen molar-refractivity contribution in [3.8, 4) is 28.6 Å². The molecule has 0 spiro atoms. The molecule has 5 aromatic rings. The van der Waals surface area contributed by atoms with Crippen LogP contribution < -0.4 is 19.5 Å². The van der Waals surface area contributed by atoms with Crippen molar-refractivity contribution >= 4 is 39.9 Å². The summed E-state index contributed by atoms with van der Waals surface area (Å²) in [6.45, 7) is 2.51. The van der Waals surface area contributed by atoms with Crippen LogP contribution >= 0.6 is 11.8 Å². The Morgan fingerprint density at radius 2 is 1.70 bits per heavy atom. The third-order valence-corrected chi connectivity index (χ3v) is 6.49. The molecular weight excluding hydrogens is 490 g/mol. The minimum Gasteiger partial charge on any atom is -0.494 e. The van der Waals surface area contributed by atoms with Crippen molar-refractivity contribution in [1.82, 2.24) is 19.6 Å². The van der Waals surface area contributed by atoms with E-state index in [0.717, 1.165) is 16.7 Å². The monoisotopic (exact) mass is 515 g/mol. The van der Waals surface area contributed by atoms with Crippen molar-refractivity contribution in [1.29, 1.82) is 0 Å². The number of carbonyl (C=O) groups excluding carboxylic acids is 1. The average molecular weight is 516 g/mol. The zero-order valence-electron chi connectivity index (χ0n) is 20.6. The summed E-state index contributed by atoms with van der Waals surface area (Å²) < 4.78 is 18.1. The second kappa shape index (κ2) is 10.8. The number of anilines is 1. The van der Waals surface area contributed by atoms with E-state index < -0.39 is 0 Å². The predicted octanol–water partition coefficient (Wildman–Crippen LogP) is 5.09. The number of ether oxygens (including phenoxy) is 3. The molecule has 10 heteroatoms. The lowest BCUT2D eigenvalue weighted by Crippen LogP contribution is -2.14. The van der Waals surface area contributed by atoms with Crippen LogP contribution in [0.3, 0.4) is 0 Å². The van der Waals surface area contributed by atoms with Gasteiger partial charge in [0.25, 0.3) is 0 Å². The smallest absolute Gasteiger partial charge is 0.234 e. The molecule has 1 N–H and O–H groups in total. The van der Waals surface area contributed by atoms with E-state index in [2.05, 4.69) is 5.32 Å². The molecule has 188 valence electrons. The van der Waals surface area contributed by atoms with Gasteiger partial charge in [-0.3, -0.25) is 4.79 Å². The molecule has 37 heavy (non-hydrogen) atoms. The van der Waals surface area contributed by atoms with Crippen LogP contribution in [-0.4, -0.2) is 52.1 Å². The Balaban J connectivity index is 1.48. The van der Waals surface area contributed by atoms with Gasteiger partial charge in [0.05, 0.1) is 32.1 Å². The molecular formula is C27H25N5O4S. The van der Waals surface area contributed by atoms with Crippen LogP contribution in [0.2, 0.25) is 0 Å². The maximum absolute atomic E-state index is 12.7. The van der Waals surface area contributed by atoms with Crippen molar-refractivity contribution < 1.29 is 19.0 Å². The number of hydrogen-bond donors (Lipinski definition) is 1. The minimum absolute atomic E-state index is 0.134. The zero-order chi connectivity index (χ0) is 25.8. The molecule has 5 rings (SSSR count). The standard InChI is InChI=1S/C27H25N5O4S/c1-4-36-19-12-10-18(11-13-19)28-24(33)16-37-27-29-21-15-23(35-3)22(34-2)14-20(21)26-30-25(31-32(26)27)17-8-6-5-7-9-17/h5-15H,4,16H2,1-3H3,(H,28,33). The normalized spacial score (nSPS) is 11.0. The lowest BCUT2D eigenvalue weighted by Gasteiger charge is -2.11. The SMILES string of the molecule is CCOc1ccc(NC(=O)CSc2nc3cc(OC)c(OC)cc3c3nc(-c4ccccc4)nn23)cc1. The number of benzene rings is 3. The van der Waals surface area contributed by atoms with Crippen LogP contribution in [0.1, 0.15) is 6.92 Å². The molecule has 9 nitrogen and oxygen atoms in total. The second-order valence-corrected chi connectivity index (χ2v) is 8.89. The summed E-state index contributed by atoms with van der Waals surface area (Å²) in [5.41, 5.74) is 2.84. The molecule has 2 aromatic heterocycles. The highest BCUT2D eigenvalue weighted by Crippen LogP contribution is 2.35. The van der Waals surface area contributed by atoms with Crippen LogP contribution in [0, 0.1) is 0 Å². The van der Waals surface area contributed by atoms with Gasteiger partial charge in [0, 0.05) is 22.7 Å². The van der Waals surface area contributed by atoms with Gasteiger partial charge in [-0.25, -0.2) is 9.97 Å². The number of carbonyl (C=O) groups is 1. The second-order valence-electron chi connectivity index (χ2n) is 7.95. The van der Waals surface area contributed by atoms with Crippen LogP contribution in [0.15, 0.2) is 71.9 Å². The lowest BCUT2D eigenvalue weighted by molar-refractivity contribution is -0.113. The number of aromatic nitrogens is 4. The first-order valence-corrected chi connectivity index (χ1v) is 12.6. The van der Waals surface area contributed by atoms with Crippen LogP contribution in [0.4, 0.5) is 5.69 Å². The van der Waals surface area contributed by atoms with E-state index in [4.69, 9.17) is 29.3 Å². The summed E-state index contributed by atoms with van der Waals surface area (Å²) in [6, 6.07) is 20.6. The molecule has 0 radical (unpaired) electrons. The van der Waals surface area contributed by atoms with E-state index in [1.165, 1.54) is 11.8 Å². The Bertz CT molecular complexity index is 1550. The maximum Gasteiger partial charge on any atom is 0.234 e. The number of amides is 1. The van der Waals surface area contributed by atoms with Crippen LogP contribution in [-0.2, 0) is 4.79 Å². The van der Waals surface area contributed by atoms with Crippen molar-refractivity contribution in [3.63, 3.8) is 0 Å². The summed E-state index contributed by atoms with van der Waals surface area (Å²) in [5.74, 6) is 2.40. The molecule has 0 aliphatic heterocycles. The van der Waals surface area contributed by atoms with Crippen molar-refractivity contribution in [2.24, 2.45) is 0 Å². The molecule has 0 fully saturated rings. The van der Waals surface area contributed by atoms with E-state index in [9.17, 15) is 4.79 Å². The fourth-order valence-corrected chi connectivity index (χ4v) is 4.59. The lowest BCUT2D eigenvalue weighted by atomic mass is 10.2. The number of thioether (sulfide) groups is 1. The van der Waals surface area contributed by atoms with Gasteiger partial charge in [0.1, 0.15) is 5.75 Å². The Hall–Kier alpha value is -4.31. The van der Waals surface area contributed by atoms with E-state index in [1.807, 2.05) is 67.6 Å². The first kappa shape index (κ1) is 24.4. The van der Waals surface area contributed by atoms with E-state index in [1.54, 1.807) is 24.8 Å². The topological polar surface area (TPSA) is 99.9 Å². The molecule has 0 saturated heterocycles. The number of rotatable bonds is 9. The summed E-state index contributed by atoms with van der Waals surface area (Å²) >= 11 is 1.28. The Labute approximate surface area is 217 Å². The first-order chi connectivity index (χ1) is 18.1. The summed E-state index contributed by atoms with van der Waals surface area (Å²) in [5, 5.41) is 8.92. The van der Waals surface area contributed by atoms with Gasteiger partial charge < -0.3 is 19.5 Å². The third-order valence-electron chi connectivity index (χ3n) is 5.56. The molecule has 0 unspecified atom stereocenters. The third kappa shape index (κ3) is 5.14. The Morgan fingerprint density at radius 3 is 2.41 bits per heavy atom. The first-order valence-electron chi connectivity index (χ1n) is 11.6. The van der Waals surface area contributed by atoms with Gasteiger partial charge >= 0.3 is 0 Å². The molecule has 0 saturated carbocycles. The molecule has 1 amide bonds. The fourth-order valence-electron chi connectivity index (χ4n) is 3.84. The van der Waals surface area contributed by atoms with Gasteiger partial charge in [-0.05, 0) is 37.3 Å². The fraction of sp³-hybridized carbons (Fsp3) is 0.185. The van der Waals surface area contributed by atoms with E-state index in [-0.39, 0.29) is 11.7 Å². The van der Waals surface area contributed by atoms with Crippen molar-refractivity contribution in [3.05, 3.63) is 66.7 Å². The zero-order valence-corrected chi connectivity index (χ0v) is 21.4. The molecule has 0 bridgehead atoms. The predicted molar refractivity (Wildman–Crippen MR) is 144 cm³/mol. The van der Waals surface area contributed by atoms with Gasteiger partial charge in [0.2, 0.25) is 5.91 Å². The Kier molecular flexibility index (Phi) is 7.09. The van der Waals surface area contributed by atoms with Gasteiger partial charge in [-0.1, -0.05) is 42.1 Å². The van der Waals surface area contributed by atoms with Crippen LogP contribution in [0.25, 0.3) is 27.9 Å². The van der Waals surface area contributed by atoms with Gasteiger partial charge in [-0.2, -0.15) is 4.52 Å². The summed E-state index contributed by atoms with van der Waals surface area (Å²) in [7, 11) is 3.16. The van der Waals surface area contributed by atoms with Gasteiger partial charge in [0.15, 0.2) is 28.1 Å². The number of nitrogens with one attached hydrogen (secondary N) is 1. The minimum atomic E-state index is -0.167. The number of methoxy groups -OCH3 is 2. The molecule has 0 aliphatic rings. The highest BCUT2D eigenvalue weighted by Gasteiger charge is 2.18. The van der Waals surface area contributed by atoms with Gasteiger partial charge in [-0.15, -0.1) is 5.10 Å². The average Bonchev–Trinajstić information content (AvgIpc) is 3.39. The highest BCUT2D eigenvalue weighted by molar-refractivity contribution is 7.99. The van der Waals surface area contributed by atoms with Crippen LogP contribution in [0.5, 0.6) is 17.2 Å². The molecule has 0 aliphatic carbocycles. The van der Waals surface area contributed by atoms with E-state index in [0.29, 0.717) is 45.9 Å². The molecule has 0 atom stereocenters. The molecule has 2 heterocycles. The number of fused-ring (bicyclic) bond motifs is 3. The largest absolute Gasteiger partial charge is 0.494 e.